The number of likely N-dealkylation sites (tertiary alicyclic amines) is 1. The van der Waals surface area contributed by atoms with Gasteiger partial charge in [0.25, 0.3) is 0 Å². The van der Waals surface area contributed by atoms with Crippen molar-refractivity contribution in [2.45, 2.75) is 32.2 Å². The average molecular weight is 299 g/mol. The molecular weight excluding hydrogens is 278 g/mol. The minimum absolute atomic E-state index is 0.0937. The quantitative estimate of drug-likeness (QED) is 0.916. The predicted octanol–water partition coefficient (Wildman–Crippen LogP) is 1.07. The van der Waals surface area contributed by atoms with E-state index >= 15 is 0 Å². The molecule has 1 aromatic carbocycles. The molecule has 1 aliphatic rings. The normalized spacial score (nSPS) is 17.9. The van der Waals surface area contributed by atoms with E-state index < -0.39 is 0 Å². The van der Waals surface area contributed by atoms with E-state index in [0.717, 1.165) is 36.5 Å². The number of rotatable bonds is 4. The summed E-state index contributed by atoms with van der Waals surface area (Å²) in [5.74, 6) is 0.0937. The summed E-state index contributed by atoms with van der Waals surface area (Å²) in [7, 11) is 0. The van der Waals surface area contributed by atoms with Gasteiger partial charge in [-0.05, 0) is 31.9 Å². The molecule has 1 amide bonds. The average Bonchev–Trinajstić information content (AvgIpc) is 3.15. The first-order chi connectivity index (χ1) is 10.7. The molecule has 6 nitrogen and oxygen atoms in total. The first kappa shape index (κ1) is 14.7. The summed E-state index contributed by atoms with van der Waals surface area (Å²) in [6.07, 6.45) is 2.32. The van der Waals surface area contributed by atoms with Crippen molar-refractivity contribution in [2.24, 2.45) is 5.73 Å². The first-order valence-electron chi connectivity index (χ1n) is 7.67. The van der Waals surface area contributed by atoms with Gasteiger partial charge in [-0.25, -0.2) is 4.68 Å². The van der Waals surface area contributed by atoms with Gasteiger partial charge in [-0.15, -0.1) is 5.10 Å². The molecule has 116 valence electrons. The second-order valence-electron chi connectivity index (χ2n) is 5.66. The number of hydrogen-bond donors (Lipinski definition) is 1. The van der Waals surface area contributed by atoms with Gasteiger partial charge in [0, 0.05) is 19.1 Å². The lowest BCUT2D eigenvalue weighted by Crippen LogP contribution is -2.40. The van der Waals surface area contributed by atoms with Gasteiger partial charge < -0.3 is 10.6 Å². The largest absolute Gasteiger partial charge is 0.338 e. The summed E-state index contributed by atoms with van der Waals surface area (Å²) in [6, 6.07) is 9.99. The lowest BCUT2D eigenvalue weighted by molar-refractivity contribution is -0.131. The van der Waals surface area contributed by atoms with Gasteiger partial charge >= 0.3 is 0 Å². The molecule has 1 aliphatic heterocycles. The summed E-state index contributed by atoms with van der Waals surface area (Å²) in [4.78, 5) is 14.4. The van der Waals surface area contributed by atoms with E-state index in [1.165, 1.54) is 0 Å². The molecule has 1 saturated heterocycles. The molecule has 22 heavy (non-hydrogen) atoms. The fourth-order valence-corrected chi connectivity index (χ4v) is 2.99. The highest BCUT2D eigenvalue weighted by molar-refractivity contribution is 5.79. The Morgan fingerprint density at radius 1 is 1.36 bits per heavy atom. The van der Waals surface area contributed by atoms with Crippen LogP contribution in [0.1, 0.15) is 24.2 Å². The maximum absolute atomic E-state index is 12.5. The number of nitrogens with two attached hydrogens (primary N) is 1. The number of carbonyl (C=O) groups excluding carboxylic acids is 1. The molecule has 6 heteroatoms. The van der Waals surface area contributed by atoms with E-state index in [1.807, 2.05) is 42.2 Å². The van der Waals surface area contributed by atoms with Crippen molar-refractivity contribution in [3.63, 3.8) is 0 Å². The number of hydrogen-bond acceptors (Lipinski definition) is 4. The monoisotopic (exact) mass is 299 g/mol. The van der Waals surface area contributed by atoms with Crippen LogP contribution in [0.4, 0.5) is 0 Å². The van der Waals surface area contributed by atoms with Crippen molar-refractivity contribution in [3.05, 3.63) is 41.7 Å². The Morgan fingerprint density at radius 2 is 2.14 bits per heavy atom. The maximum Gasteiger partial charge on any atom is 0.229 e. The number of para-hydroxylation sites is 1. The van der Waals surface area contributed by atoms with Crippen LogP contribution in [0.25, 0.3) is 5.69 Å². The Balaban J connectivity index is 1.76. The van der Waals surface area contributed by atoms with Gasteiger partial charge in [-0.3, -0.25) is 4.79 Å². The Hall–Kier alpha value is -2.21. The van der Waals surface area contributed by atoms with Gasteiger partial charge in [0.2, 0.25) is 5.91 Å². The fraction of sp³-hybridized carbons (Fsp3) is 0.438. The molecule has 1 aromatic heterocycles. The van der Waals surface area contributed by atoms with Crippen LogP contribution >= 0.6 is 0 Å². The van der Waals surface area contributed by atoms with E-state index in [1.54, 1.807) is 4.68 Å². The number of nitrogens with zero attached hydrogens (tertiary/aromatic N) is 4. The topological polar surface area (TPSA) is 77.0 Å². The van der Waals surface area contributed by atoms with Crippen LogP contribution in [-0.2, 0) is 11.2 Å². The minimum atomic E-state index is 0.0937. The Kier molecular flexibility index (Phi) is 4.20. The van der Waals surface area contributed by atoms with E-state index in [-0.39, 0.29) is 18.4 Å². The molecule has 1 atom stereocenters. The van der Waals surface area contributed by atoms with Crippen molar-refractivity contribution in [1.29, 1.82) is 0 Å². The van der Waals surface area contributed by atoms with E-state index in [9.17, 15) is 4.79 Å². The van der Waals surface area contributed by atoms with Crippen LogP contribution in [0.15, 0.2) is 30.3 Å². The first-order valence-corrected chi connectivity index (χ1v) is 7.67. The van der Waals surface area contributed by atoms with Crippen molar-refractivity contribution >= 4 is 5.91 Å². The molecule has 2 N–H and O–H groups in total. The van der Waals surface area contributed by atoms with Crippen molar-refractivity contribution in [2.75, 3.05) is 13.1 Å². The lowest BCUT2D eigenvalue weighted by Gasteiger charge is -2.23. The Morgan fingerprint density at radius 3 is 2.86 bits per heavy atom. The Labute approximate surface area is 129 Å². The van der Waals surface area contributed by atoms with Crippen LogP contribution < -0.4 is 5.73 Å². The van der Waals surface area contributed by atoms with Crippen LogP contribution in [0.3, 0.4) is 0 Å². The summed E-state index contributed by atoms with van der Waals surface area (Å²) < 4.78 is 1.77. The molecule has 0 spiro atoms. The lowest BCUT2D eigenvalue weighted by atomic mass is 10.2. The third kappa shape index (κ3) is 2.74. The zero-order valence-corrected chi connectivity index (χ0v) is 12.8. The number of carbonyl (C=O) groups is 1. The zero-order valence-electron chi connectivity index (χ0n) is 12.8. The molecule has 0 bridgehead atoms. The fourth-order valence-electron chi connectivity index (χ4n) is 2.99. The van der Waals surface area contributed by atoms with E-state index in [2.05, 4.69) is 10.3 Å². The predicted molar refractivity (Wildman–Crippen MR) is 83.6 cm³/mol. The molecule has 0 radical (unpaired) electrons. The zero-order chi connectivity index (χ0) is 15.5. The van der Waals surface area contributed by atoms with Crippen LogP contribution in [-0.4, -0.2) is 44.9 Å². The van der Waals surface area contributed by atoms with Crippen LogP contribution in [0, 0.1) is 6.92 Å². The molecular formula is C16H21N5O. The van der Waals surface area contributed by atoms with E-state index in [0.29, 0.717) is 6.54 Å². The standard InChI is InChI=1S/C16H21N5O/c1-12-15(10-16(22)20-9-5-8-14(20)11-17)18-19-21(12)13-6-3-2-4-7-13/h2-4,6-7,14H,5,8-11,17H2,1H3/t14-/m1/s1. The summed E-state index contributed by atoms with van der Waals surface area (Å²) in [6.45, 7) is 3.27. The van der Waals surface area contributed by atoms with Crippen molar-refractivity contribution in [1.82, 2.24) is 19.9 Å². The summed E-state index contributed by atoms with van der Waals surface area (Å²) >= 11 is 0. The molecule has 3 rings (SSSR count). The highest BCUT2D eigenvalue weighted by Gasteiger charge is 2.28. The van der Waals surface area contributed by atoms with E-state index in [4.69, 9.17) is 5.73 Å². The highest BCUT2D eigenvalue weighted by atomic mass is 16.2. The number of aromatic nitrogens is 3. The molecule has 2 heterocycles. The molecule has 1 fully saturated rings. The third-order valence-electron chi connectivity index (χ3n) is 4.28. The van der Waals surface area contributed by atoms with Gasteiger partial charge in [-0.1, -0.05) is 23.4 Å². The minimum Gasteiger partial charge on any atom is -0.338 e. The number of amides is 1. The van der Waals surface area contributed by atoms with Gasteiger partial charge in [-0.2, -0.15) is 0 Å². The Bertz CT molecular complexity index is 652. The second kappa shape index (κ2) is 6.27. The van der Waals surface area contributed by atoms with Crippen molar-refractivity contribution < 1.29 is 4.79 Å². The molecule has 0 saturated carbocycles. The van der Waals surface area contributed by atoms with Gasteiger partial charge in [0.05, 0.1) is 23.5 Å². The number of benzene rings is 1. The van der Waals surface area contributed by atoms with Crippen LogP contribution in [0.5, 0.6) is 0 Å². The molecule has 0 unspecified atom stereocenters. The van der Waals surface area contributed by atoms with Crippen molar-refractivity contribution in [3.8, 4) is 5.69 Å². The van der Waals surface area contributed by atoms with Crippen LogP contribution in [0.2, 0.25) is 0 Å². The maximum atomic E-state index is 12.5. The summed E-state index contributed by atoms with van der Waals surface area (Å²) in [5, 5.41) is 8.36. The molecule has 0 aliphatic carbocycles. The van der Waals surface area contributed by atoms with Gasteiger partial charge in [0.15, 0.2) is 0 Å². The third-order valence-corrected chi connectivity index (χ3v) is 4.28. The smallest absolute Gasteiger partial charge is 0.229 e. The SMILES string of the molecule is Cc1c(CC(=O)N2CCC[C@@H]2CN)nnn1-c1ccccc1. The summed E-state index contributed by atoms with van der Waals surface area (Å²) in [5.41, 5.74) is 8.33. The van der Waals surface area contributed by atoms with Gasteiger partial charge in [0.1, 0.15) is 0 Å². The second-order valence-corrected chi connectivity index (χ2v) is 5.66. The highest BCUT2D eigenvalue weighted by Crippen LogP contribution is 2.19. The molecule has 2 aromatic rings.